The number of carboxylic acid groups (broad SMARTS) is 1. The number of aliphatic hydroxyl groups is 3. The van der Waals surface area contributed by atoms with Crippen molar-refractivity contribution in [3.05, 3.63) is 95.6 Å². The van der Waals surface area contributed by atoms with E-state index < -0.39 is 54.5 Å². The van der Waals surface area contributed by atoms with E-state index in [4.69, 9.17) is 9.47 Å². The van der Waals surface area contributed by atoms with Gasteiger partial charge in [-0.25, -0.2) is 13.6 Å². The number of benzene rings is 3. The van der Waals surface area contributed by atoms with Crippen LogP contribution in [0.5, 0.6) is 5.75 Å². The number of aliphatic hydroxyl groups excluding tert-OH is 3. The molecule has 3 aromatic rings. The normalized spacial score (nSPS) is 27.5. The van der Waals surface area contributed by atoms with Crippen LogP contribution in [-0.4, -0.2) is 63.0 Å². The van der Waals surface area contributed by atoms with Crippen LogP contribution >= 0.6 is 0 Å². The fourth-order valence-corrected chi connectivity index (χ4v) is 5.43. The third-order valence-electron chi connectivity index (χ3n) is 7.86. The number of aliphatic carboxylic acids is 1. The van der Waals surface area contributed by atoms with Crippen molar-refractivity contribution < 1.29 is 81.0 Å². The van der Waals surface area contributed by atoms with Crippen molar-refractivity contribution in [3.63, 3.8) is 0 Å². The summed E-state index contributed by atoms with van der Waals surface area (Å²) < 4.78 is 37.7. The molecule has 0 spiro atoms. The van der Waals surface area contributed by atoms with Gasteiger partial charge in [-0.3, -0.25) is 4.79 Å². The second-order valence-electron chi connectivity index (χ2n) is 10.6. The number of hydrogen-bond donors (Lipinski definition) is 4. The van der Waals surface area contributed by atoms with Crippen molar-refractivity contribution >= 4 is 17.6 Å². The molecule has 12 heteroatoms. The third-order valence-corrected chi connectivity index (χ3v) is 7.86. The van der Waals surface area contributed by atoms with E-state index >= 15 is 0 Å². The first-order valence-corrected chi connectivity index (χ1v) is 13.5. The maximum absolute atomic E-state index is 13.6. The van der Waals surface area contributed by atoms with Crippen LogP contribution in [0.25, 0.3) is 0 Å². The van der Waals surface area contributed by atoms with Crippen LogP contribution in [-0.2, 0) is 47.0 Å². The zero-order valence-corrected chi connectivity index (χ0v) is 25.9. The standard InChI is InChI=1S/C31H30F2NO8.Y/c1-16(17-3-7-19(32)8-4-17)2-15-23-24(34(29(23)38)21-11-9-20(33)10-12-21)18-5-13-22(14-6-18)41-31-27(37)25(35)26(36)28(42-31)30(39)40;/h3-5,7-14,16,23-28,31,35-37H,2,15H2,1H3,(H,39,40);/q-1;/t16?,23-,24-,25+,26+,27-,28+,31-;/m1./s1. The van der Waals surface area contributed by atoms with Gasteiger partial charge < -0.3 is 34.8 Å². The van der Waals surface area contributed by atoms with Crippen molar-refractivity contribution in [1.29, 1.82) is 0 Å². The molecule has 2 aliphatic heterocycles. The maximum Gasteiger partial charge on any atom is 0.335 e. The van der Waals surface area contributed by atoms with Crippen molar-refractivity contribution in [2.45, 2.75) is 62.4 Å². The van der Waals surface area contributed by atoms with Crippen LogP contribution < -0.4 is 9.64 Å². The molecule has 4 N–H and O–H groups in total. The number of carbonyl (C=O) groups is 2. The number of ether oxygens (including phenoxy) is 2. The van der Waals surface area contributed by atoms with Crippen LogP contribution in [0.3, 0.4) is 0 Å². The summed E-state index contributed by atoms with van der Waals surface area (Å²) in [5.74, 6) is -2.61. The molecule has 1 amide bonds. The number of carboxylic acids is 1. The second kappa shape index (κ2) is 13.9. The molecule has 225 valence electrons. The van der Waals surface area contributed by atoms with Crippen LogP contribution in [0, 0.1) is 23.6 Å². The molecular formula is C31H30F2NO8Y-. The smallest absolute Gasteiger partial charge is 0.335 e. The van der Waals surface area contributed by atoms with Gasteiger partial charge in [0.15, 0.2) is 6.10 Å². The molecule has 2 saturated heterocycles. The Morgan fingerprint density at radius 1 is 0.977 bits per heavy atom. The predicted molar refractivity (Wildman–Crippen MR) is 144 cm³/mol. The average Bonchev–Trinajstić information content (AvgIpc) is 2.97. The van der Waals surface area contributed by atoms with Gasteiger partial charge in [-0.2, -0.15) is 12.1 Å². The molecule has 2 heterocycles. The number of hydrogen-bond acceptors (Lipinski definition) is 7. The first kappa shape index (κ1) is 33.1. The van der Waals surface area contributed by atoms with Gasteiger partial charge >= 0.3 is 5.97 Å². The minimum Gasteiger partial charge on any atom is -0.524 e. The van der Waals surface area contributed by atoms with E-state index in [1.165, 1.54) is 48.5 Å². The number of carbonyl (C=O) groups excluding carboxylic acids is 1. The Morgan fingerprint density at radius 2 is 1.60 bits per heavy atom. The van der Waals surface area contributed by atoms with E-state index in [1.807, 2.05) is 6.92 Å². The van der Waals surface area contributed by atoms with Gasteiger partial charge in [-0.15, -0.1) is 17.7 Å². The molecule has 43 heavy (non-hydrogen) atoms. The van der Waals surface area contributed by atoms with Crippen LogP contribution in [0.4, 0.5) is 14.5 Å². The molecule has 0 aliphatic carbocycles. The van der Waals surface area contributed by atoms with Gasteiger partial charge in [-0.05, 0) is 60.7 Å². The van der Waals surface area contributed by atoms with Crippen LogP contribution in [0.1, 0.15) is 42.9 Å². The molecule has 0 saturated carbocycles. The monoisotopic (exact) mass is 671 g/mol. The first-order valence-electron chi connectivity index (χ1n) is 13.5. The quantitative estimate of drug-likeness (QED) is 0.201. The molecule has 8 atom stereocenters. The topological polar surface area (TPSA) is 137 Å². The van der Waals surface area contributed by atoms with Gasteiger partial charge in [-0.1, -0.05) is 19.1 Å². The fourth-order valence-electron chi connectivity index (χ4n) is 5.43. The summed E-state index contributed by atoms with van der Waals surface area (Å²) in [6.45, 7) is 2.01. The maximum atomic E-state index is 13.6. The summed E-state index contributed by atoms with van der Waals surface area (Å²) in [5.41, 5.74) is 2.11. The number of anilines is 1. The summed E-state index contributed by atoms with van der Waals surface area (Å²) in [7, 11) is 0. The van der Waals surface area contributed by atoms with Crippen LogP contribution in [0.2, 0.25) is 0 Å². The van der Waals surface area contributed by atoms with Gasteiger partial charge in [0.1, 0.15) is 29.9 Å². The Bertz CT molecular complexity index is 1410. The van der Waals surface area contributed by atoms with E-state index in [1.54, 1.807) is 23.1 Å². The van der Waals surface area contributed by atoms with Crippen LogP contribution in [0.15, 0.2) is 66.7 Å². The molecule has 2 fully saturated rings. The number of nitrogens with zero attached hydrogens (tertiary/aromatic N) is 1. The van der Waals surface area contributed by atoms with E-state index in [2.05, 4.69) is 6.07 Å². The number of amides is 1. The van der Waals surface area contributed by atoms with Gasteiger partial charge in [0.05, 0.1) is 12.0 Å². The second-order valence-corrected chi connectivity index (χ2v) is 10.6. The molecule has 9 nitrogen and oxygen atoms in total. The predicted octanol–water partition coefficient (Wildman–Crippen LogP) is 3.32. The van der Waals surface area contributed by atoms with Gasteiger partial charge in [0.25, 0.3) is 0 Å². The minimum atomic E-state index is -1.84. The largest absolute Gasteiger partial charge is 0.524 e. The molecule has 3 aromatic carbocycles. The molecule has 1 radical (unpaired) electrons. The summed E-state index contributed by atoms with van der Waals surface area (Å²) in [6.07, 6.45) is -7.57. The van der Waals surface area contributed by atoms with E-state index in [-0.39, 0.29) is 56.1 Å². The zero-order valence-electron chi connectivity index (χ0n) is 23.1. The Balaban J connectivity index is 0.00000423. The summed E-state index contributed by atoms with van der Waals surface area (Å²) in [6, 6.07) is 19.1. The summed E-state index contributed by atoms with van der Waals surface area (Å²) in [4.78, 5) is 26.3. The van der Waals surface area contributed by atoms with E-state index in [0.29, 0.717) is 24.1 Å². The summed E-state index contributed by atoms with van der Waals surface area (Å²) >= 11 is 0. The zero-order chi connectivity index (χ0) is 30.1. The molecule has 1 unspecified atom stereocenters. The van der Waals surface area contributed by atoms with Crippen molar-refractivity contribution in [1.82, 2.24) is 0 Å². The molecule has 5 rings (SSSR count). The van der Waals surface area contributed by atoms with Gasteiger partial charge in [0, 0.05) is 44.1 Å². The van der Waals surface area contributed by atoms with Gasteiger partial charge in [0.2, 0.25) is 12.2 Å². The Hall–Kier alpha value is -2.80. The Labute approximate surface area is 271 Å². The van der Waals surface area contributed by atoms with Crippen molar-refractivity contribution in [3.8, 4) is 5.75 Å². The number of rotatable bonds is 9. The van der Waals surface area contributed by atoms with Crippen molar-refractivity contribution in [2.24, 2.45) is 5.92 Å². The SMILES string of the molecule is CC(CC[C@H]1C(=O)N(c2ccc(F)cc2)[C@@H]1c1[c-]cc(O[C@@H]2O[C@H](C(=O)O)[C@@H](O)[C@H](O)[C@H]2O)cc1)c1ccc(F)cc1.[Y]. The van der Waals surface area contributed by atoms with E-state index in [0.717, 1.165) is 5.56 Å². The summed E-state index contributed by atoms with van der Waals surface area (Å²) in [5, 5.41) is 39.4. The van der Waals surface area contributed by atoms with Crippen molar-refractivity contribution in [2.75, 3.05) is 4.90 Å². The molecule has 2 aliphatic rings. The van der Waals surface area contributed by atoms with E-state index in [9.17, 15) is 38.8 Å². The number of halogens is 2. The first-order chi connectivity index (χ1) is 20.0. The fraction of sp³-hybridized carbons (Fsp3) is 0.355. The minimum absolute atomic E-state index is 0. The molecule has 0 bridgehead atoms. The Kier molecular flexibility index (Phi) is 10.7. The Morgan fingerprint density at radius 3 is 2.19 bits per heavy atom. The average molecular weight is 671 g/mol. The molecular weight excluding hydrogens is 641 g/mol. The number of β-lactam (4-membered cyclic amide) rings is 1. The molecule has 0 aromatic heterocycles. The third kappa shape index (κ3) is 6.97.